The molecule has 0 N–H and O–H groups in total. The van der Waals surface area contributed by atoms with E-state index >= 15 is 0 Å². The number of thiazole rings is 1. The van der Waals surface area contributed by atoms with Crippen molar-refractivity contribution < 1.29 is 9.15 Å². The number of methoxy groups -OCH3 is 1. The van der Waals surface area contributed by atoms with Crippen LogP contribution >= 0.6 is 22.9 Å². The number of aromatic nitrogens is 1. The van der Waals surface area contributed by atoms with Crippen molar-refractivity contribution in [3.05, 3.63) is 138 Å². The highest BCUT2D eigenvalue weighted by atomic mass is 35.5. The number of aryl methyl sites for hydroxylation is 1. The molecule has 5 aromatic rings. The first-order valence-corrected chi connectivity index (χ1v) is 13.9. The van der Waals surface area contributed by atoms with Gasteiger partial charge in [0.05, 0.1) is 23.4 Å². The fraction of sp³-hybridized carbons (Fsp3) is 0.125. The molecule has 5 nitrogen and oxygen atoms in total. The molecule has 2 aromatic heterocycles. The minimum absolute atomic E-state index is 0.0746. The van der Waals surface area contributed by atoms with E-state index in [1.54, 1.807) is 7.11 Å². The van der Waals surface area contributed by atoms with Crippen LogP contribution in [0.3, 0.4) is 0 Å². The van der Waals surface area contributed by atoms with E-state index in [2.05, 4.69) is 24.3 Å². The van der Waals surface area contributed by atoms with Crippen LogP contribution in [0.2, 0.25) is 5.02 Å². The Bertz CT molecular complexity index is 1930. The van der Waals surface area contributed by atoms with Crippen LogP contribution in [0.1, 0.15) is 34.9 Å². The van der Waals surface area contributed by atoms with Gasteiger partial charge in [0.1, 0.15) is 17.3 Å². The van der Waals surface area contributed by atoms with Gasteiger partial charge in [-0.1, -0.05) is 59.3 Å². The molecule has 1 aliphatic heterocycles. The van der Waals surface area contributed by atoms with E-state index in [0.29, 0.717) is 25.9 Å². The first-order valence-electron chi connectivity index (χ1n) is 12.7. The Morgan fingerprint density at radius 1 is 1.00 bits per heavy atom. The van der Waals surface area contributed by atoms with E-state index in [-0.39, 0.29) is 11.6 Å². The number of ether oxygens (including phenoxy) is 1. The molecule has 39 heavy (non-hydrogen) atoms. The molecule has 0 saturated heterocycles. The molecule has 3 heterocycles. The normalized spacial score (nSPS) is 16.4. The fourth-order valence-electron chi connectivity index (χ4n) is 5.44. The summed E-state index contributed by atoms with van der Waals surface area (Å²) in [4.78, 5) is 19.7. The number of nitrogens with zero attached hydrogens (tertiary/aromatic N) is 2. The summed E-state index contributed by atoms with van der Waals surface area (Å²) in [6.45, 7) is 0. The lowest BCUT2D eigenvalue weighted by Gasteiger charge is -2.30. The molecular weight excluding hydrogens is 528 g/mol. The maximum Gasteiger partial charge on any atom is 0.271 e. The molecule has 3 aromatic carbocycles. The zero-order valence-corrected chi connectivity index (χ0v) is 22.6. The van der Waals surface area contributed by atoms with Gasteiger partial charge in [0.25, 0.3) is 5.56 Å². The first-order chi connectivity index (χ1) is 19.1. The van der Waals surface area contributed by atoms with Gasteiger partial charge in [-0.2, -0.15) is 0 Å². The Labute approximate surface area is 233 Å². The second-order valence-electron chi connectivity index (χ2n) is 9.60. The summed E-state index contributed by atoms with van der Waals surface area (Å²) >= 11 is 7.42. The lowest BCUT2D eigenvalue weighted by Crippen LogP contribution is -2.38. The maximum absolute atomic E-state index is 13.9. The third kappa shape index (κ3) is 4.17. The minimum atomic E-state index is -0.237. The van der Waals surface area contributed by atoms with Crippen LogP contribution in [0.25, 0.3) is 23.1 Å². The Kier molecular flexibility index (Phi) is 5.87. The number of rotatable bonds is 4. The molecular formula is C32H23ClN2O3S. The van der Waals surface area contributed by atoms with Gasteiger partial charge in [0.15, 0.2) is 4.80 Å². The van der Waals surface area contributed by atoms with Crippen molar-refractivity contribution in [1.29, 1.82) is 0 Å². The maximum atomic E-state index is 13.9. The predicted molar refractivity (Wildman–Crippen MR) is 155 cm³/mol. The van der Waals surface area contributed by atoms with Gasteiger partial charge >= 0.3 is 0 Å². The van der Waals surface area contributed by atoms with Gasteiger partial charge < -0.3 is 9.15 Å². The smallest absolute Gasteiger partial charge is 0.271 e. The third-order valence-electron chi connectivity index (χ3n) is 7.33. The summed E-state index contributed by atoms with van der Waals surface area (Å²) in [6.07, 6.45) is 3.57. The highest BCUT2D eigenvalue weighted by Gasteiger charge is 2.32. The number of furan rings is 1. The largest absolute Gasteiger partial charge is 0.497 e. The number of hydrogen-bond donors (Lipinski definition) is 0. The van der Waals surface area contributed by atoms with Crippen LogP contribution in [0.15, 0.2) is 105 Å². The van der Waals surface area contributed by atoms with Crippen molar-refractivity contribution in [2.45, 2.75) is 18.9 Å². The van der Waals surface area contributed by atoms with Crippen molar-refractivity contribution >= 4 is 34.7 Å². The number of fused-ring (bicyclic) bond motifs is 3. The number of benzene rings is 3. The highest BCUT2D eigenvalue weighted by molar-refractivity contribution is 7.07. The van der Waals surface area contributed by atoms with E-state index in [0.717, 1.165) is 41.0 Å². The molecule has 7 heteroatoms. The van der Waals surface area contributed by atoms with Crippen LogP contribution in [-0.4, -0.2) is 11.7 Å². The van der Waals surface area contributed by atoms with Crippen LogP contribution in [0.4, 0.5) is 0 Å². The SMILES string of the molecule is COc1ccc([C@H]2C3=C(N=c4s/c(=C/c5ccc(-c6ccc(Cl)cc6)o5)c(=O)n42)c2ccccc2CC3)cc1. The van der Waals surface area contributed by atoms with Gasteiger partial charge in [0.2, 0.25) is 0 Å². The molecule has 1 atom stereocenters. The predicted octanol–water partition coefficient (Wildman–Crippen LogP) is 6.24. The molecule has 0 bridgehead atoms. The van der Waals surface area contributed by atoms with Crippen LogP contribution in [0, 0.1) is 0 Å². The summed E-state index contributed by atoms with van der Waals surface area (Å²) in [5, 5.41) is 0.670. The van der Waals surface area contributed by atoms with Crippen LogP contribution in [-0.2, 0) is 6.42 Å². The molecule has 0 amide bonds. The van der Waals surface area contributed by atoms with Gasteiger partial charge in [-0.15, -0.1) is 0 Å². The van der Waals surface area contributed by atoms with E-state index in [1.165, 1.54) is 22.5 Å². The molecule has 0 saturated carbocycles. The summed E-state index contributed by atoms with van der Waals surface area (Å²) < 4.78 is 13.9. The van der Waals surface area contributed by atoms with Crippen LogP contribution in [0.5, 0.6) is 5.75 Å². The average molecular weight is 551 g/mol. The van der Waals surface area contributed by atoms with Gasteiger partial charge in [0, 0.05) is 22.2 Å². The standard InChI is InChI=1S/C32H23ClN2O3S/c1-37-23-13-8-21(9-14-23)30-26-16-10-19-4-2-3-5-25(19)29(26)34-32-35(30)31(36)28(39-32)18-24-15-17-27(38-24)20-6-11-22(33)12-7-20/h2-9,11-15,17-18,30H,10,16H2,1H3/b28-18+/t30-/m0/s1. The van der Waals surface area contributed by atoms with E-state index < -0.39 is 0 Å². The molecule has 192 valence electrons. The quantitative estimate of drug-likeness (QED) is 0.266. The zero-order valence-electron chi connectivity index (χ0n) is 21.1. The molecule has 1 aliphatic carbocycles. The lowest BCUT2D eigenvalue weighted by molar-refractivity contribution is 0.414. The first kappa shape index (κ1) is 23.9. The molecule has 0 spiro atoms. The van der Waals surface area contributed by atoms with Gasteiger partial charge in [-0.05, 0) is 78.1 Å². The van der Waals surface area contributed by atoms with E-state index in [9.17, 15) is 4.79 Å². The Morgan fingerprint density at radius 2 is 1.79 bits per heavy atom. The zero-order chi connectivity index (χ0) is 26.5. The topological polar surface area (TPSA) is 56.7 Å². The van der Waals surface area contributed by atoms with Crippen molar-refractivity contribution in [1.82, 2.24) is 4.57 Å². The molecule has 0 unspecified atom stereocenters. The van der Waals surface area contributed by atoms with Gasteiger partial charge in [-0.25, -0.2) is 4.99 Å². The van der Waals surface area contributed by atoms with E-state index in [1.807, 2.05) is 71.3 Å². The summed E-state index contributed by atoms with van der Waals surface area (Å²) in [6, 6.07) is 27.4. The van der Waals surface area contributed by atoms with Gasteiger partial charge in [-0.3, -0.25) is 9.36 Å². The Morgan fingerprint density at radius 3 is 2.59 bits per heavy atom. The molecule has 0 radical (unpaired) electrons. The Balaban J connectivity index is 1.39. The third-order valence-corrected chi connectivity index (χ3v) is 8.57. The average Bonchev–Trinajstić information content (AvgIpc) is 3.56. The molecule has 2 aliphatic rings. The molecule has 0 fully saturated rings. The van der Waals surface area contributed by atoms with Crippen molar-refractivity contribution in [3.8, 4) is 17.1 Å². The number of halogens is 1. The lowest BCUT2D eigenvalue weighted by atomic mass is 9.83. The van der Waals surface area contributed by atoms with Crippen LogP contribution < -0.4 is 19.6 Å². The second kappa shape index (κ2) is 9.56. The summed E-state index contributed by atoms with van der Waals surface area (Å²) in [5.41, 5.74) is 6.47. The van der Waals surface area contributed by atoms with E-state index in [4.69, 9.17) is 25.7 Å². The summed E-state index contributed by atoms with van der Waals surface area (Å²) in [7, 11) is 1.66. The second-order valence-corrected chi connectivity index (χ2v) is 11.0. The monoisotopic (exact) mass is 550 g/mol. The fourth-order valence-corrected chi connectivity index (χ4v) is 6.54. The highest BCUT2D eigenvalue weighted by Crippen LogP contribution is 2.41. The molecule has 7 rings (SSSR count). The van der Waals surface area contributed by atoms with Crippen molar-refractivity contribution in [2.75, 3.05) is 7.11 Å². The summed E-state index contributed by atoms with van der Waals surface area (Å²) in [5.74, 6) is 2.11. The number of allylic oxidation sites excluding steroid dienone is 1. The Hall–Kier alpha value is -4.13. The van der Waals surface area contributed by atoms with Crippen molar-refractivity contribution in [2.24, 2.45) is 4.99 Å². The van der Waals surface area contributed by atoms with Crippen molar-refractivity contribution in [3.63, 3.8) is 0 Å². The number of hydrogen-bond acceptors (Lipinski definition) is 5. The minimum Gasteiger partial charge on any atom is -0.497 e.